The number of aromatic nitrogens is 6. The maximum atomic E-state index is 13.4. The number of nitrogens with zero attached hydrogens (tertiary/aromatic N) is 5. The summed E-state index contributed by atoms with van der Waals surface area (Å²) in [5, 5.41) is 16.8. The van der Waals surface area contributed by atoms with Crippen LogP contribution in [0.2, 0.25) is 0 Å². The summed E-state index contributed by atoms with van der Waals surface area (Å²) in [5.41, 5.74) is 4.41. The third-order valence-electron chi connectivity index (χ3n) is 6.89. The zero-order valence-corrected chi connectivity index (χ0v) is 24.3. The second-order valence-corrected chi connectivity index (χ2v) is 10.0. The molecule has 6 rings (SSSR count). The Morgan fingerprint density at radius 1 is 0.733 bits per heavy atom. The van der Waals surface area contributed by atoms with Crippen molar-refractivity contribution in [3.8, 4) is 45.8 Å². The van der Waals surface area contributed by atoms with Crippen LogP contribution in [0, 0.1) is 25.5 Å². The maximum Gasteiger partial charge on any atom is 0.326 e. The number of anilines is 2. The van der Waals surface area contributed by atoms with Crippen molar-refractivity contribution in [2.24, 2.45) is 0 Å². The van der Waals surface area contributed by atoms with Gasteiger partial charge in [0.2, 0.25) is 0 Å². The molecule has 0 spiro atoms. The van der Waals surface area contributed by atoms with Gasteiger partial charge in [0.25, 0.3) is 0 Å². The van der Waals surface area contributed by atoms with E-state index in [9.17, 15) is 13.6 Å². The number of hydrogen-bond donors (Lipinski definition) is 3. The Morgan fingerprint density at radius 3 is 1.80 bits per heavy atom. The van der Waals surface area contributed by atoms with Crippen LogP contribution < -0.4 is 19.7 Å². The maximum absolute atomic E-state index is 13.4. The first-order chi connectivity index (χ1) is 21.7. The number of rotatable bonds is 8. The van der Waals surface area contributed by atoms with E-state index in [0.717, 1.165) is 23.5 Å². The van der Waals surface area contributed by atoms with E-state index < -0.39 is 17.7 Å². The summed E-state index contributed by atoms with van der Waals surface area (Å²) in [6.45, 7) is 3.74. The van der Waals surface area contributed by atoms with Crippen LogP contribution in [0.1, 0.15) is 11.1 Å². The second kappa shape index (κ2) is 12.2. The first-order valence-corrected chi connectivity index (χ1v) is 13.7. The summed E-state index contributed by atoms with van der Waals surface area (Å²) in [6.07, 6.45) is 5.35. The minimum absolute atomic E-state index is 0.390. The third-order valence-corrected chi connectivity index (χ3v) is 6.89. The molecule has 2 aromatic carbocycles. The number of urea groups is 1. The lowest BCUT2D eigenvalue weighted by Gasteiger charge is -2.20. The molecule has 6 aromatic rings. The Labute approximate surface area is 255 Å². The Balaban J connectivity index is 1.17. The van der Waals surface area contributed by atoms with E-state index >= 15 is 0 Å². The number of pyridine rings is 2. The number of aryl methyl sites for hydroxylation is 2. The Hall–Kier alpha value is -6.11. The van der Waals surface area contributed by atoms with Gasteiger partial charge in [0.15, 0.2) is 22.9 Å². The Bertz CT molecular complexity index is 1970. The SMILES string of the molecule is Cc1ccc(NC(=O)N(C)c2ccc(C)c(Oc3c[nH]nc3-c3ccc(F)cn3)c2)cc1Oc1c[nH]nc1-c1ccc(F)cn1. The van der Waals surface area contributed by atoms with Crippen molar-refractivity contribution < 1.29 is 23.0 Å². The number of amides is 2. The quantitative estimate of drug-likeness (QED) is 0.164. The minimum atomic E-state index is -0.457. The zero-order valence-electron chi connectivity index (χ0n) is 24.3. The minimum Gasteiger partial charge on any atom is -0.453 e. The summed E-state index contributed by atoms with van der Waals surface area (Å²) in [7, 11) is 1.63. The first-order valence-electron chi connectivity index (χ1n) is 13.7. The van der Waals surface area contributed by atoms with Crippen molar-refractivity contribution in [3.63, 3.8) is 0 Å². The van der Waals surface area contributed by atoms with Crippen LogP contribution in [-0.4, -0.2) is 43.4 Å². The summed E-state index contributed by atoms with van der Waals surface area (Å²) in [5.74, 6) is 0.849. The molecule has 0 aliphatic heterocycles. The summed E-state index contributed by atoms with van der Waals surface area (Å²) in [4.78, 5) is 22.9. The van der Waals surface area contributed by atoms with E-state index in [2.05, 4.69) is 35.7 Å². The van der Waals surface area contributed by atoms with E-state index in [1.54, 1.807) is 43.7 Å². The highest BCUT2D eigenvalue weighted by molar-refractivity contribution is 6.01. The molecule has 4 aromatic heterocycles. The van der Waals surface area contributed by atoms with Gasteiger partial charge >= 0.3 is 6.03 Å². The topological polar surface area (TPSA) is 134 Å². The molecule has 0 saturated carbocycles. The molecule has 3 N–H and O–H groups in total. The molecule has 0 atom stereocenters. The van der Waals surface area contributed by atoms with Gasteiger partial charge in [-0.2, -0.15) is 10.2 Å². The number of benzene rings is 2. The lowest BCUT2D eigenvalue weighted by atomic mass is 10.2. The van der Waals surface area contributed by atoms with Crippen LogP contribution >= 0.6 is 0 Å². The van der Waals surface area contributed by atoms with Crippen LogP contribution in [0.25, 0.3) is 22.8 Å². The van der Waals surface area contributed by atoms with Gasteiger partial charge in [0, 0.05) is 30.6 Å². The number of aromatic amines is 2. The van der Waals surface area contributed by atoms with E-state index in [1.165, 1.54) is 29.2 Å². The predicted molar refractivity (Wildman–Crippen MR) is 163 cm³/mol. The molecule has 45 heavy (non-hydrogen) atoms. The number of ether oxygens (including phenoxy) is 2. The van der Waals surface area contributed by atoms with Gasteiger partial charge in [-0.05, 0) is 61.4 Å². The van der Waals surface area contributed by atoms with Crippen LogP contribution in [0.5, 0.6) is 23.0 Å². The summed E-state index contributed by atoms with van der Waals surface area (Å²) < 4.78 is 39.0. The fraction of sp³-hybridized carbons (Fsp3) is 0.0938. The predicted octanol–water partition coefficient (Wildman–Crippen LogP) is 7.40. The van der Waals surface area contributed by atoms with Gasteiger partial charge in [-0.3, -0.25) is 25.1 Å². The molecule has 0 unspecified atom stereocenters. The van der Waals surface area contributed by atoms with Gasteiger partial charge in [0.05, 0.1) is 36.2 Å². The smallest absolute Gasteiger partial charge is 0.326 e. The Kier molecular flexibility index (Phi) is 7.89. The van der Waals surface area contributed by atoms with Gasteiger partial charge in [0.1, 0.15) is 23.1 Å². The standard InChI is InChI=1S/C32H26F2N8O3/c1-18-4-8-22(12-26(18)44-28-16-37-40-30(28)24-10-6-20(33)14-35-24)39-32(43)42(3)23-9-5-19(2)27(13-23)45-29-17-38-41-31(29)25-11-7-21(34)15-36-25/h4-17H,1-3H3,(H,37,40)(H,38,41)(H,39,43). The molecule has 0 aliphatic rings. The fourth-order valence-electron chi connectivity index (χ4n) is 4.37. The van der Waals surface area contributed by atoms with Gasteiger partial charge in [-0.25, -0.2) is 13.6 Å². The lowest BCUT2D eigenvalue weighted by Crippen LogP contribution is -2.31. The van der Waals surface area contributed by atoms with E-state index in [0.29, 0.717) is 57.1 Å². The fourth-order valence-corrected chi connectivity index (χ4v) is 4.37. The molecule has 0 aliphatic carbocycles. The number of hydrogen-bond acceptors (Lipinski definition) is 7. The van der Waals surface area contributed by atoms with Crippen LogP contribution in [0.15, 0.2) is 85.5 Å². The van der Waals surface area contributed by atoms with Crippen LogP contribution in [0.4, 0.5) is 25.0 Å². The van der Waals surface area contributed by atoms with E-state index in [-0.39, 0.29) is 0 Å². The molecular formula is C32H26F2N8O3. The van der Waals surface area contributed by atoms with Crippen molar-refractivity contribution in [1.29, 1.82) is 0 Å². The molecule has 13 heteroatoms. The van der Waals surface area contributed by atoms with Crippen molar-refractivity contribution in [2.75, 3.05) is 17.3 Å². The van der Waals surface area contributed by atoms with Crippen molar-refractivity contribution in [2.45, 2.75) is 13.8 Å². The highest BCUT2D eigenvalue weighted by Crippen LogP contribution is 2.35. The molecule has 11 nitrogen and oxygen atoms in total. The monoisotopic (exact) mass is 608 g/mol. The van der Waals surface area contributed by atoms with Gasteiger partial charge in [-0.15, -0.1) is 0 Å². The van der Waals surface area contributed by atoms with Crippen molar-refractivity contribution >= 4 is 17.4 Å². The first kappa shape index (κ1) is 29.0. The highest BCUT2D eigenvalue weighted by atomic mass is 19.1. The van der Waals surface area contributed by atoms with Gasteiger partial charge < -0.3 is 14.8 Å². The number of carbonyl (C=O) groups excluding carboxylic acids is 1. The molecule has 4 heterocycles. The molecule has 0 radical (unpaired) electrons. The van der Waals surface area contributed by atoms with Crippen molar-refractivity contribution in [1.82, 2.24) is 30.4 Å². The van der Waals surface area contributed by atoms with Gasteiger partial charge in [-0.1, -0.05) is 12.1 Å². The molecular weight excluding hydrogens is 582 g/mol. The molecule has 0 bridgehead atoms. The number of halogens is 2. The molecule has 0 saturated heterocycles. The normalized spacial score (nSPS) is 10.9. The third kappa shape index (κ3) is 6.32. The molecule has 0 fully saturated rings. The van der Waals surface area contributed by atoms with E-state index in [1.807, 2.05) is 26.0 Å². The summed E-state index contributed by atoms with van der Waals surface area (Å²) in [6, 6.07) is 15.9. The highest BCUT2D eigenvalue weighted by Gasteiger charge is 2.18. The average molecular weight is 609 g/mol. The number of H-pyrrole nitrogens is 2. The van der Waals surface area contributed by atoms with Crippen molar-refractivity contribution in [3.05, 3.63) is 108 Å². The zero-order chi connectivity index (χ0) is 31.5. The van der Waals surface area contributed by atoms with E-state index in [4.69, 9.17) is 9.47 Å². The average Bonchev–Trinajstić information content (AvgIpc) is 3.70. The number of carbonyl (C=O) groups is 1. The second-order valence-electron chi connectivity index (χ2n) is 10.0. The Morgan fingerprint density at radius 2 is 1.27 bits per heavy atom. The largest absolute Gasteiger partial charge is 0.453 e. The molecule has 226 valence electrons. The number of nitrogens with one attached hydrogen (secondary N) is 3. The lowest BCUT2D eigenvalue weighted by molar-refractivity contribution is 0.258. The summed E-state index contributed by atoms with van der Waals surface area (Å²) >= 11 is 0. The molecule has 2 amide bonds. The van der Waals surface area contributed by atoms with Crippen LogP contribution in [-0.2, 0) is 0 Å². The van der Waals surface area contributed by atoms with Crippen LogP contribution in [0.3, 0.4) is 0 Å².